The maximum atomic E-state index is 9.47. The molecule has 4 fully saturated rings. The highest BCUT2D eigenvalue weighted by Gasteiger charge is 2.27. The molecule has 0 radical (unpaired) electrons. The fourth-order valence-electron chi connectivity index (χ4n) is 11.6. The van der Waals surface area contributed by atoms with Crippen LogP contribution >= 0.6 is 0 Å². The Bertz CT molecular complexity index is 2500. The number of benzene rings is 4. The van der Waals surface area contributed by atoms with E-state index in [2.05, 4.69) is 52.1 Å². The number of quaternary nitrogens is 4. The number of phenols is 4. The molecule has 4 saturated heterocycles. The first-order chi connectivity index (χ1) is 41.1. The van der Waals surface area contributed by atoms with Crippen LogP contribution in [0.5, 0.6) is 23.0 Å². The van der Waals surface area contributed by atoms with Gasteiger partial charge in [0.05, 0.1) is 114 Å². The number of likely N-dealkylation sites (tertiary alicyclic amines) is 2. The van der Waals surface area contributed by atoms with Crippen LogP contribution in [0.25, 0.3) is 0 Å². The number of nitrogen functional groups attached to an aromatic ring is 4. The van der Waals surface area contributed by atoms with E-state index in [9.17, 15) is 20.4 Å². The van der Waals surface area contributed by atoms with Crippen LogP contribution in [0.15, 0.2) is 72.8 Å². The van der Waals surface area contributed by atoms with Crippen LogP contribution in [-0.4, -0.2) is 248 Å². The molecule has 0 atom stereocenters. The summed E-state index contributed by atoms with van der Waals surface area (Å²) in [6, 6.07) is 20.5. The molecule has 18 heteroatoms. The Kier molecular flexibility index (Phi) is 31.4. The average molecular weight is 1200 g/mol. The Balaban J connectivity index is 0.000000210. The largest absolute Gasteiger partial charge is 0.508 e. The van der Waals surface area contributed by atoms with Crippen molar-refractivity contribution in [2.24, 2.45) is 0 Å². The van der Waals surface area contributed by atoms with Crippen molar-refractivity contribution < 1.29 is 57.3 Å². The van der Waals surface area contributed by atoms with E-state index in [0.29, 0.717) is 0 Å². The minimum Gasteiger partial charge on any atom is -0.508 e. The SMILES string of the molecule is C[N+]1(C)CCN(CCCOCCCc2cc(O)ccc2N)CC1.C[N+]1(C)CCN(CCOCCCc2cc(O)ccc2N)CC1.C[N+]1(CCOCCCc2cc(O)ccc2N)CCCC1.C[N+]1(CCOCCCc2cc(O)ccc2N)CCCCC1. The molecule has 0 amide bonds. The first-order valence-corrected chi connectivity index (χ1v) is 32.5. The second-order valence-electron chi connectivity index (χ2n) is 26.5. The Morgan fingerprint density at radius 3 is 0.965 bits per heavy atom. The summed E-state index contributed by atoms with van der Waals surface area (Å²) in [5.74, 6) is 1.11. The Morgan fingerprint density at radius 1 is 0.349 bits per heavy atom. The van der Waals surface area contributed by atoms with Crippen molar-refractivity contribution in [3.05, 3.63) is 95.1 Å². The number of nitrogens with two attached hydrogens (primary N) is 4. The first kappa shape index (κ1) is 71.6. The Labute approximate surface area is 518 Å². The van der Waals surface area contributed by atoms with Crippen LogP contribution < -0.4 is 22.9 Å². The zero-order chi connectivity index (χ0) is 62.3. The standard InChI is InChI=1S/C18H31N3O2.C17H29N3O2.C17H28N2O2.C16H26N2O2/c1-21(2)11-9-20(10-12-21)8-4-14-23-13-3-5-16-15-17(22)6-7-18(16)19;1-20(2)10-7-19(8-11-20)9-13-22-12-3-4-15-14-16(21)5-6-17(15)18;1-19(9-3-2-4-10-19)11-13-21-12-5-6-15-14-16(20)7-8-17(15)18;1-18(8-2-3-9-18)10-12-20-11-4-5-14-13-15(19)6-7-16(14)17/h6-7,15H,3-5,8-14,19H2,1-2H3;5-6,14H,3-4,7-13,18H2,1-2H3;7-8,14H,2-6,9-13,18H2,1H3;6-7,13H,2-5,8-12,17H2,1H3/p+4. The molecule has 4 aliphatic rings. The molecule has 0 saturated carbocycles. The third-order valence-corrected chi connectivity index (χ3v) is 17.9. The number of nitrogens with zero attached hydrogens (tertiary/aromatic N) is 6. The Hall–Kier alpha value is -5.12. The fraction of sp³-hybridized carbons (Fsp3) is 0.647. The predicted molar refractivity (Wildman–Crippen MR) is 352 cm³/mol. The maximum absolute atomic E-state index is 9.47. The van der Waals surface area contributed by atoms with E-state index in [1.54, 1.807) is 72.8 Å². The number of aromatic hydroxyl groups is 4. The minimum absolute atomic E-state index is 0.275. The molecule has 8 rings (SSSR count). The van der Waals surface area contributed by atoms with Crippen molar-refractivity contribution in [2.75, 3.05) is 223 Å². The predicted octanol–water partition coefficient (Wildman–Crippen LogP) is 7.74. The molecule has 0 spiro atoms. The lowest BCUT2D eigenvalue weighted by Gasteiger charge is -2.39. The molecule has 484 valence electrons. The third kappa shape index (κ3) is 28.8. The van der Waals surface area contributed by atoms with Crippen LogP contribution in [0.3, 0.4) is 0 Å². The van der Waals surface area contributed by atoms with Gasteiger partial charge >= 0.3 is 0 Å². The van der Waals surface area contributed by atoms with Gasteiger partial charge < -0.3 is 80.2 Å². The molecular weight excluding hydrogens is 1080 g/mol. The van der Waals surface area contributed by atoms with Crippen LogP contribution in [-0.2, 0) is 44.6 Å². The van der Waals surface area contributed by atoms with Crippen LogP contribution in [0.4, 0.5) is 22.7 Å². The zero-order valence-corrected chi connectivity index (χ0v) is 54.2. The van der Waals surface area contributed by atoms with E-state index < -0.39 is 0 Å². The number of rotatable bonds is 29. The quantitative estimate of drug-likeness (QED) is 0.0113. The summed E-state index contributed by atoms with van der Waals surface area (Å²) in [5, 5.41) is 37.8. The maximum Gasteiger partial charge on any atom is 0.116 e. The lowest BCUT2D eigenvalue weighted by molar-refractivity contribution is -0.914. The highest BCUT2D eigenvalue weighted by atomic mass is 16.5. The van der Waals surface area contributed by atoms with Crippen molar-refractivity contribution in [2.45, 2.75) is 89.9 Å². The lowest BCUT2D eigenvalue weighted by atomic mass is 10.1. The van der Waals surface area contributed by atoms with Gasteiger partial charge in [-0.3, -0.25) is 9.80 Å². The molecule has 18 nitrogen and oxygen atoms in total. The van der Waals surface area contributed by atoms with E-state index in [0.717, 1.165) is 204 Å². The fourth-order valence-corrected chi connectivity index (χ4v) is 11.6. The smallest absolute Gasteiger partial charge is 0.116 e. The molecule has 0 aliphatic carbocycles. The summed E-state index contributed by atoms with van der Waals surface area (Å²) in [6.45, 7) is 25.5. The molecule has 4 aromatic rings. The summed E-state index contributed by atoms with van der Waals surface area (Å²) in [7, 11) is 13.9. The zero-order valence-electron chi connectivity index (χ0n) is 54.2. The molecule has 4 heterocycles. The molecular formula is C68H118N10O8+4. The first-order valence-electron chi connectivity index (χ1n) is 32.5. The van der Waals surface area contributed by atoms with Gasteiger partial charge in [-0.15, -0.1) is 0 Å². The summed E-state index contributed by atoms with van der Waals surface area (Å²) >= 11 is 0. The minimum atomic E-state index is 0.275. The summed E-state index contributed by atoms with van der Waals surface area (Å²) in [4.78, 5) is 5.02. The average Bonchev–Trinajstić information content (AvgIpc) is 3.98. The van der Waals surface area contributed by atoms with E-state index in [1.807, 2.05) is 0 Å². The van der Waals surface area contributed by atoms with E-state index in [4.69, 9.17) is 41.9 Å². The van der Waals surface area contributed by atoms with E-state index in [1.165, 1.54) is 107 Å². The summed E-state index contributed by atoms with van der Waals surface area (Å²) in [5.41, 5.74) is 30.6. The van der Waals surface area contributed by atoms with Crippen molar-refractivity contribution in [3.63, 3.8) is 0 Å². The number of piperidine rings is 1. The van der Waals surface area contributed by atoms with Gasteiger partial charge in [0.15, 0.2) is 0 Å². The number of hydrogen-bond donors (Lipinski definition) is 8. The second-order valence-corrected chi connectivity index (χ2v) is 26.5. The van der Waals surface area contributed by atoms with E-state index in [-0.39, 0.29) is 23.0 Å². The molecule has 0 unspecified atom stereocenters. The van der Waals surface area contributed by atoms with Gasteiger partial charge in [0.2, 0.25) is 0 Å². The van der Waals surface area contributed by atoms with Crippen LogP contribution in [0.1, 0.15) is 86.5 Å². The molecule has 4 aromatic carbocycles. The Morgan fingerprint density at radius 2 is 0.628 bits per heavy atom. The number of anilines is 4. The molecule has 4 aliphatic heterocycles. The summed E-state index contributed by atoms with van der Waals surface area (Å²) < 4.78 is 27.6. The van der Waals surface area contributed by atoms with Crippen LogP contribution in [0.2, 0.25) is 0 Å². The highest BCUT2D eigenvalue weighted by Crippen LogP contribution is 2.24. The molecule has 12 N–H and O–H groups in total. The number of piperazine rings is 2. The number of ether oxygens (including phenoxy) is 4. The van der Waals surface area contributed by atoms with Crippen molar-refractivity contribution >= 4 is 22.7 Å². The number of likely N-dealkylation sites (N-methyl/N-ethyl adjacent to an activating group) is 4. The van der Waals surface area contributed by atoms with Gasteiger partial charge in [0.1, 0.15) is 36.1 Å². The lowest BCUT2D eigenvalue weighted by Crippen LogP contribution is -2.55. The van der Waals surface area contributed by atoms with Crippen molar-refractivity contribution in [1.29, 1.82) is 0 Å². The van der Waals surface area contributed by atoms with E-state index >= 15 is 0 Å². The molecule has 0 bridgehead atoms. The number of phenolic OH excluding ortho intramolecular Hbond substituents is 4. The second kappa shape index (κ2) is 37.7. The highest BCUT2D eigenvalue weighted by molar-refractivity contribution is 5.52. The number of hydrogen-bond acceptors (Lipinski definition) is 14. The third-order valence-electron chi connectivity index (χ3n) is 17.9. The molecule has 86 heavy (non-hydrogen) atoms. The van der Waals surface area contributed by atoms with Crippen molar-refractivity contribution in [1.82, 2.24) is 9.80 Å². The monoisotopic (exact) mass is 1200 g/mol. The van der Waals surface area contributed by atoms with Crippen molar-refractivity contribution in [3.8, 4) is 23.0 Å². The van der Waals surface area contributed by atoms with Gasteiger partial charge in [-0.1, -0.05) is 0 Å². The van der Waals surface area contributed by atoms with Gasteiger partial charge in [-0.2, -0.15) is 0 Å². The van der Waals surface area contributed by atoms with Crippen LogP contribution in [0, 0.1) is 0 Å². The molecule has 0 aromatic heterocycles. The van der Waals surface area contributed by atoms with Gasteiger partial charge in [-0.05, 0) is 172 Å². The number of aryl methyl sites for hydroxylation is 4. The normalized spacial score (nSPS) is 18.0. The topological polar surface area (TPSA) is 228 Å². The van der Waals surface area contributed by atoms with Gasteiger partial charge in [-0.25, -0.2) is 0 Å². The summed E-state index contributed by atoms with van der Waals surface area (Å²) in [6.07, 6.45) is 15.0. The van der Waals surface area contributed by atoms with Gasteiger partial charge in [0, 0.05) is 108 Å². The van der Waals surface area contributed by atoms with Gasteiger partial charge in [0.25, 0.3) is 0 Å².